The Balaban J connectivity index is 2.39. The lowest BCUT2D eigenvalue weighted by Crippen LogP contribution is -2.36. The number of carbonyl (C=O) groups is 1. The second-order valence-corrected chi connectivity index (χ2v) is 5.11. The van der Waals surface area contributed by atoms with Gasteiger partial charge in [-0.05, 0) is 24.5 Å². The lowest BCUT2D eigenvalue weighted by Gasteiger charge is -2.18. The summed E-state index contributed by atoms with van der Waals surface area (Å²) in [6.07, 6.45) is 0.891. The van der Waals surface area contributed by atoms with Crippen molar-refractivity contribution in [2.75, 3.05) is 19.8 Å². The van der Waals surface area contributed by atoms with Crippen molar-refractivity contribution in [1.82, 2.24) is 5.32 Å². The van der Waals surface area contributed by atoms with Gasteiger partial charge < -0.3 is 20.3 Å². The average molecular weight is 281 g/mol. The lowest BCUT2D eigenvalue weighted by atomic mass is 10.0. The summed E-state index contributed by atoms with van der Waals surface area (Å²) in [5.74, 6) is -0.124. The largest absolute Gasteiger partial charge is 0.491 e. The minimum Gasteiger partial charge on any atom is -0.491 e. The van der Waals surface area contributed by atoms with Crippen LogP contribution in [0.5, 0.6) is 5.75 Å². The molecule has 20 heavy (non-hydrogen) atoms. The Hall–Kier alpha value is -1.59. The van der Waals surface area contributed by atoms with Gasteiger partial charge in [-0.1, -0.05) is 26.0 Å². The highest BCUT2D eigenvalue weighted by Gasteiger charge is 2.11. The minimum atomic E-state index is -0.999. The van der Waals surface area contributed by atoms with Crippen molar-refractivity contribution in [3.63, 3.8) is 0 Å². The van der Waals surface area contributed by atoms with Crippen LogP contribution in [0.15, 0.2) is 24.3 Å². The van der Waals surface area contributed by atoms with Gasteiger partial charge in [-0.2, -0.15) is 0 Å². The molecule has 3 N–H and O–H groups in total. The third-order valence-electron chi connectivity index (χ3n) is 2.89. The van der Waals surface area contributed by atoms with E-state index in [2.05, 4.69) is 19.2 Å². The maximum absolute atomic E-state index is 11.0. The molecule has 5 nitrogen and oxygen atoms in total. The zero-order valence-corrected chi connectivity index (χ0v) is 12.0. The fourth-order valence-electron chi connectivity index (χ4n) is 1.98. The molecular formula is C15H23NO4. The topological polar surface area (TPSA) is 78.8 Å². The highest BCUT2D eigenvalue weighted by Crippen LogP contribution is 2.17. The van der Waals surface area contributed by atoms with Crippen molar-refractivity contribution in [3.8, 4) is 5.75 Å². The molecule has 0 aliphatic carbocycles. The van der Waals surface area contributed by atoms with Crippen LogP contribution in [0.2, 0.25) is 0 Å². The van der Waals surface area contributed by atoms with Gasteiger partial charge in [0.05, 0.1) is 6.61 Å². The van der Waals surface area contributed by atoms with Crippen LogP contribution in [0.1, 0.15) is 30.6 Å². The molecular weight excluding hydrogens is 258 g/mol. The monoisotopic (exact) mass is 281 g/mol. The Morgan fingerprint density at radius 3 is 2.65 bits per heavy atom. The Labute approximate surface area is 119 Å². The molecule has 1 atom stereocenters. The van der Waals surface area contributed by atoms with E-state index >= 15 is 0 Å². The summed E-state index contributed by atoms with van der Waals surface area (Å²) in [6.45, 7) is 5.21. The number of hydrogen-bond donors (Lipinski definition) is 3. The van der Waals surface area contributed by atoms with Gasteiger partial charge in [0.2, 0.25) is 0 Å². The van der Waals surface area contributed by atoms with Gasteiger partial charge in [0.15, 0.2) is 0 Å². The smallest absolute Gasteiger partial charge is 0.339 e. The number of hydrogen-bond acceptors (Lipinski definition) is 4. The van der Waals surface area contributed by atoms with Crippen LogP contribution in [0.25, 0.3) is 0 Å². The summed E-state index contributed by atoms with van der Waals surface area (Å²) in [7, 11) is 0. The number of carboxylic acids is 1. The molecule has 0 spiro atoms. The first-order chi connectivity index (χ1) is 9.54. The number of aromatic carboxylic acids is 1. The summed E-state index contributed by atoms with van der Waals surface area (Å²) in [5, 5.41) is 21.4. The van der Waals surface area contributed by atoms with Crippen LogP contribution in [-0.2, 0) is 0 Å². The van der Waals surface area contributed by atoms with Crippen molar-refractivity contribution >= 4 is 5.97 Å². The van der Waals surface area contributed by atoms with Gasteiger partial charge in [0, 0.05) is 12.6 Å². The molecule has 0 radical (unpaired) electrons. The zero-order valence-electron chi connectivity index (χ0n) is 12.0. The van der Waals surface area contributed by atoms with Crippen LogP contribution >= 0.6 is 0 Å². The van der Waals surface area contributed by atoms with E-state index in [9.17, 15) is 9.90 Å². The van der Waals surface area contributed by atoms with Crippen LogP contribution < -0.4 is 10.1 Å². The quantitative estimate of drug-likeness (QED) is 0.601. The molecule has 5 heteroatoms. The van der Waals surface area contributed by atoms with Gasteiger partial charge in [-0.15, -0.1) is 0 Å². The van der Waals surface area contributed by atoms with Gasteiger partial charge in [-0.25, -0.2) is 4.79 Å². The second kappa shape index (κ2) is 8.55. The number of benzene rings is 1. The highest BCUT2D eigenvalue weighted by molar-refractivity contribution is 5.90. The second-order valence-electron chi connectivity index (χ2n) is 5.11. The van der Waals surface area contributed by atoms with Crippen LogP contribution in [-0.4, -0.2) is 42.0 Å². The number of para-hydroxylation sites is 1. The fraction of sp³-hybridized carbons (Fsp3) is 0.533. The van der Waals surface area contributed by atoms with E-state index in [4.69, 9.17) is 9.84 Å². The van der Waals surface area contributed by atoms with E-state index in [0.29, 0.717) is 24.8 Å². The predicted octanol–water partition coefficient (Wildman–Crippen LogP) is 1.76. The van der Waals surface area contributed by atoms with E-state index in [1.807, 2.05) is 0 Å². The summed E-state index contributed by atoms with van der Waals surface area (Å²) in [4.78, 5) is 11.0. The molecule has 1 aromatic rings. The minimum absolute atomic E-state index is 0.0494. The van der Waals surface area contributed by atoms with E-state index in [1.54, 1.807) is 18.2 Å². The number of aliphatic hydroxyl groups excluding tert-OH is 1. The molecule has 1 rings (SSSR count). The molecule has 0 aliphatic rings. The maximum Gasteiger partial charge on any atom is 0.339 e. The average Bonchev–Trinajstić information content (AvgIpc) is 2.42. The van der Waals surface area contributed by atoms with Crippen molar-refractivity contribution in [2.45, 2.75) is 26.3 Å². The maximum atomic E-state index is 11.0. The first-order valence-electron chi connectivity index (χ1n) is 6.84. The molecule has 112 valence electrons. The van der Waals surface area contributed by atoms with Crippen molar-refractivity contribution in [3.05, 3.63) is 29.8 Å². The number of rotatable bonds is 9. The standard InChI is InChI=1S/C15H23NO4/c1-11(2)9-12(10-17)16-7-8-20-14-6-4-3-5-13(14)15(18)19/h3-6,11-12,16-17H,7-10H2,1-2H3,(H,18,19). The summed E-state index contributed by atoms with van der Waals surface area (Å²) in [5.41, 5.74) is 0.161. The molecule has 0 aromatic heterocycles. The first-order valence-corrected chi connectivity index (χ1v) is 6.84. The first kappa shape index (κ1) is 16.5. The van der Waals surface area contributed by atoms with Gasteiger partial charge in [0.25, 0.3) is 0 Å². The Bertz CT molecular complexity index is 420. The molecule has 0 heterocycles. The van der Waals surface area contributed by atoms with Gasteiger partial charge >= 0.3 is 5.97 Å². The number of aliphatic hydroxyl groups is 1. The van der Waals surface area contributed by atoms with Crippen molar-refractivity contribution in [1.29, 1.82) is 0 Å². The molecule has 1 aromatic carbocycles. The fourth-order valence-corrected chi connectivity index (χ4v) is 1.98. The Morgan fingerprint density at radius 2 is 2.05 bits per heavy atom. The molecule has 1 unspecified atom stereocenters. The van der Waals surface area contributed by atoms with Gasteiger partial charge in [-0.3, -0.25) is 0 Å². The third-order valence-corrected chi connectivity index (χ3v) is 2.89. The summed E-state index contributed by atoms with van der Waals surface area (Å²) < 4.78 is 5.47. The lowest BCUT2D eigenvalue weighted by molar-refractivity contribution is 0.0692. The molecule has 0 bridgehead atoms. The summed E-state index contributed by atoms with van der Waals surface area (Å²) in [6, 6.07) is 6.61. The normalized spacial score (nSPS) is 12.4. The molecule has 0 amide bonds. The zero-order chi connectivity index (χ0) is 15.0. The van der Waals surface area contributed by atoms with Crippen molar-refractivity contribution < 1.29 is 19.7 Å². The number of nitrogens with one attached hydrogen (secondary N) is 1. The van der Waals surface area contributed by atoms with Crippen LogP contribution in [0.3, 0.4) is 0 Å². The molecule has 0 fully saturated rings. The number of ether oxygens (including phenoxy) is 1. The van der Waals surface area contributed by atoms with Crippen LogP contribution in [0.4, 0.5) is 0 Å². The Morgan fingerprint density at radius 1 is 1.35 bits per heavy atom. The molecule has 0 aliphatic heterocycles. The van der Waals surface area contributed by atoms with E-state index in [-0.39, 0.29) is 18.2 Å². The van der Waals surface area contributed by atoms with Crippen molar-refractivity contribution in [2.24, 2.45) is 5.92 Å². The predicted molar refractivity (Wildman–Crippen MR) is 77.2 cm³/mol. The van der Waals surface area contributed by atoms with E-state index < -0.39 is 5.97 Å². The molecule has 0 saturated carbocycles. The number of carboxylic acid groups (broad SMARTS) is 1. The summed E-state index contributed by atoms with van der Waals surface area (Å²) >= 11 is 0. The third kappa shape index (κ3) is 5.59. The van der Waals surface area contributed by atoms with E-state index in [1.165, 1.54) is 6.07 Å². The van der Waals surface area contributed by atoms with E-state index in [0.717, 1.165) is 6.42 Å². The highest BCUT2D eigenvalue weighted by atomic mass is 16.5. The van der Waals surface area contributed by atoms with Gasteiger partial charge in [0.1, 0.15) is 17.9 Å². The Kier molecular flexibility index (Phi) is 7.04. The SMILES string of the molecule is CC(C)CC(CO)NCCOc1ccccc1C(=O)O. The van der Waals surface area contributed by atoms with Crippen LogP contribution in [0, 0.1) is 5.92 Å². The molecule has 0 saturated heterocycles.